The van der Waals surface area contributed by atoms with Gasteiger partial charge < -0.3 is 28.7 Å². The lowest BCUT2D eigenvalue weighted by atomic mass is 10.2. The van der Waals surface area contributed by atoms with Crippen LogP contribution in [0.4, 0.5) is 0 Å². The molecule has 3 heterocycles. The second-order valence-corrected chi connectivity index (χ2v) is 8.03. The van der Waals surface area contributed by atoms with Gasteiger partial charge in [0.05, 0.1) is 30.7 Å². The van der Waals surface area contributed by atoms with Gasteiger partial charge >= 0.3 is 0 Å². The molecule has 1 fully saturated rings. The first-order chi connectivity index (χ1) is 16.2. The van der Waals surface area contributed by atoms with Crippen LogP contribution in [0.5, 0.6) is 23.1 Å². The largest absolute Gasteiger partial charge is 0.493 e. The summed E-state index contributed by atoms with van der Waals surface area (Å²) in [6, 6.07) is 11.7. The zero-order valence-corrected chi connectivity index (χ0v) is 18.8. The summed E-state index contributed by atoms with van der Waals surface area (Å²) >= 11 is 0. The third kappa shape index (κ3) is 4.86. The van der Waals surface area contributed by atoms with Crippen molar-refractivity contribution >= 4 is 21.8 Å². The van der Waals surface area contributed by atoms with Crippen LogP contribution in [0.2, 0.25) is 0 Å². The first-order valence-corrected chi connectivity index (χ1v) is 11.1. The molecule has 0 atom stereocenters. The van der Waals surface area contributed by atoms with Crippen LogP contribution >= 0.6 is 0 Å². The van der Waals surface area contributed by atoms with Crippen LogP contribution in [0.15, 0.2) is 42.7 Å². The molecule has 0 aliphatic carbocycles. The fourth-order valence-electron chi connectivity index (χ4n) is 4.03. The fourth-order valence-corrected chi connectivity index (χ4v) is 4.03. The molecule has 2 aromatic carbocycles. The Morgan fingerprint density at radius 3 is 2.76 bits per heavy atom. The molecule has 0 saturated carbocycles. The van der Waals surface area contributed by atoms with Gasteiger partial charge in [0.15, 0.2) is 11.5 Å². The van der Waals surface area contributed by atoms with E-state index in [2.05, 4.69) is 21.0 Å². The van der Waals surface area contributed by atoms with Crippen LogP contribution in [0.25, 0.3) is 21.8 Å². The van der Waals surface area contributed by atoms with Gasteiger partial charge in [0.2, 0.25) is 5.88 Å². The zero-order valence-electron chi connectivity index (χ0n) is 18.8. The van der Waals surface area contributed by atoms with Gasteiger partial charge in [-0.2, -0.15) is 0 Å². The van der Waals surface area contributed by atoms with Crippen LogP contribution < -0.4 is 14.2 Å². The van der Waals surface area contributed by atoms with E-state index in [4.69, 9.17) is 23.7 Å². The predicted octanol–water partition coefficient (Wildman–Crippen LogP) is 4.79. The number of aromatic nitrogens is 3. The van der Waals surface area contributed by atoms with Crippen molar-refractivity contribution in [2.45, 2.75) is 25.9 Å². The molecule has 0 spiro atoms. The number of methoxy groups -OCH3 is 1. The van der Waals surface area contributed by atoms with Gasteiger partial charge in [0.1, 0.15) is 18.7 Å². The van der Waals surface area contributed by atoms with Crippen molar-refractivity contribution in [1.82, 2.24) is 15.0 Å². The van der Waals surface area contributed by atoms with E-state index in [1.54, 1.807) is 7.11 Å². The highest BCUT2D eigenvalue weighted by Crippen LogP contribution is 2.36. The summed E-state index contributed by atoms with van der Waals surface area (Å²) in [5.74, 6) is 2.35. The SMILES string of the molecule is COc1cc2c(Oc3ccc4[nH]c(C)cc4c3)ncnc2cc1OCCOC1CCOCC1. The van der Waals surface area contributed by atoms with Crippen LogP contribution in [0, 0.1) is 6.92 Å². The molecule has 1 aliphatic heterocycles. The van der Waals surface area contributed by atoms with Gasteiger partial charge in [-0.05, 0) is 50.1 Å². The molecule has 5 rings (SSSR count). The number of aromatic amines is 1. The van der Waals surface area contributed by atoms with Gasteiger partial charge in [-0.1, -0.05) is 0 Å². The molecule has 172 valence electrons. The number of ether oxygens (including phenoxy) is 5. The summed E-state index contributed by atoms with van der Waals surface area (Å²) in [7, 11) is 1.61. The van der Waals surface area contributed by atoms with E-state index in [0.29, 0.717) is 41.9 Å². The van der Waals surface area contributed by atoms with Crippen molar-refractivity contribution in [3.63, 3.8) is 0 Å². The molecular weight excluding hydrogens is 422 g/mol. The Balaban J connectivity index is 1.32. The van der Waals surface area contributed by atoms with Crippen LogP contribution in [-0.2, 0) is 9.47 Å². The predicted molar refractivity (Wildman–Crippen MR) is 124 cm³/mol. The summed E-state index contributed by atoms with van der Waals surface area (Å²) in [5.41, 5.74) is 2.88. The van der Waals surface area contributed by atoms with Crippen molar-refractivity contribution in [3.05, 3.63) is 48.4 Å². The highest BCUT2D eigenvalue weighted by Gasteiger charge is 2.16. The monoisotopic (exact) mass is 449 g/mol. The molecule has 0 radical (unpaired) electrons. The Kier molecular flexibility index (Phi) is 6.28. The Morgan fingerprint density at radius 2 is 1.91 bits per heavy atom. The minimum Gasteiger partial charge on any atom is -0.493 e. The third-order valence-corrected chi connectivity index (χ3v) is 5.69. The van der Waals surface area contributed by atoms with Gasteiger partial charge in [-0.25, -0.2) is 9.97 Å². The van der Waals surface area contributed by atoms with E-state index < -0.39 is 0 Å². The second kappa shape index (κ2) is 9.64. The van der Waals surface area contributed by atoms with Crippen molar-refractivity contribution in [2.24, 2.45) is 0 Å². The van der Waals surface area contributed by atoms with E-state index in [9.17, 15) is 0 Å². The minimum atomic E-state index is 0.239. The lowest BCUT2D eigenvalue weighted by molar-refractivity contribution is -0.0389. The number of hydrogen-bond donors (Lipinski definition) is 1. The first kappa shape index (κ1) is 21.5. The van der Waals surface area contributed by atoms with Crippen molar-refractivity contribution < 1.29 is 23.7 Å². The molecule has 2 aromatic heterocycles. The third-order valence-electron chi connectivity index (χ3n) is 5.69. The highest BCUT2D eigenvalue weighted by atomic mass is 16.5. The number of H-pyrrole nitrogens is 1. The van der Waals surface area contributed by atoms with E-state index in [-0.39, 0.29) is 6.10 Å². The molecule has 8 nitrogen and oxygen atoms in total. The molecule has 4 aromatic rings. The minimum absolute atomic E-state index is 0.239. The Bertz CT molecular complexity index is 1250. The van der Waals surface area contributed by atoms with Crippen LogP contribution in [0.1, 0.15) is 18.5 Å². The summed E-state index contributed by atoms with van der Waals surface area (Å²) < 4.78 is 28.9. The molecule has 0 unspecified atom stereocenters. The van der Waals surface area contributed by atoms with E-state index in [1.165, 1.54) is 6.33 Å². The summed E-state index contributed by atoms with van der Waals surface area (Å²) in [6.45, 7) is 4.47. The van der Waals surface area contributed by atoms with Crippen LogP contribution in [-0.4, -0.2) is 54.6 Å². The molecule has 0 bridgehead atoms. The fraction of sp³-hybridized carbons (Fsp3) is 0.360. The lowest BCUT2D eigenvalue weighted by Gasteiger charge is -2.22. The van der Waals surface area contributed by atoms with Crippen molar-refractivity contribution in [1.29, 1.82) is 0 Å². The average molecular weight is 450 g/mol. The molecule has 0 amide bonds. The number of rotatable bonds is 8. The Morgan fingerprint density at radius 1 is 1.03 bits per heavy atom. The second-order valence-electron chi connectivity index (χ2n) is 8.03. The normalized spacial score (nSPS) is 14.6. The molecule has 1 aliphatic rings. The van der Waals surface area contributed by atoms with E-state index >= 15 is 0 Å². The molecule has 8 heteroatoms. The van der Waals surface area contributed by atoms with Crippen LogP contribution in [0.3, 0.4) is 0 Å². The maximum atomic E-state index is 6.12. The quantitative estimate of drug-likeness (QED) is 0.387. The van der Waals surface area contributed by atoms with Gasteiger partial charge in [-0.15, -0.1) is 0 Å². The zero-order chi connectivity index (χ0) is 22.6. The first-order valence-electron chi connectivity index (χ1n) is 11.1. The Hall–Kier alpha value is -3.36. The number of nitrogens with one attached hydrogen (secondary N) is 1. The Labute approximate surface area is 191 Å². The molecular formula is C25H27N3O5. The van der Waals surface area contributed by atoms with Crippen molar-refractivity contribution in [2.75, 3.05) is 33.5 Å². The van der Waals surface area contributed by atoms with E-state index in [1.807, 2.05) is 37.3 Å². The molecule has 1 N–H and O–H groups in total. The maximum absolute atomic E-state index is 6.12. The summed E-state index contributed by atoms with van der Waals surface area (Å²) in [4.78, 5) is 12.1. The number of benzene rings is 2. The van der Waals surface area contributed by atoms with E-state index in [0.717, 1.165) is 48.0 Å². The standard InChI is InChI=1S/C25H27N3O5/c1-16-11-17-12-19(3-4-21(17)28-16)33-25-20-13-23(29-2)24(14-22(20)26-15-27-25)32-10-9-31-18-5-7-30-8-6-18/h3-4,11-15,18,28H,5-10H2,1-2H3. The van der Waals surface area contributed by atoms with Gasteiger partial charge in [-0.3, -0.25) is 0 Å². The highest BCUT2D eigenvalue weighted by molar-refractivity contribution is 5.87. The number of nitrogens with zero attached hydrogens (tertiary/aromatic N) is 2. The van der Waals surface area contributed by atoms with Crippen molar-refractivity contribution in [3.8, 4) is 23.1 Å². The summed E-state index contributed by atoms with van der Waals surface area (Å²) in [5, 5.41) is 1.82. The maximum Gasteiger partial charge on any atom is 0.230 e. The number of hydrogen-bond acceptors (Lipinski definition) is 7. The average Bonchev–Trinajstić information content (AvgIpc) is 3.21. The number of fused-ring (bicyclic) bond motifs is 2. The lowest BCUT2D eigenvalue weighted by Crippen LogP contribution is -2.25. The number of aryl methyl sites for hydroxylation is 1. The molecule has 1 saturated heterocycles. The summed E-state index contributed by atoms with van der Waals surface area (Å²) in [6.07, 6.45) is 3.58. The molecule has 33 heavy (non-hydrogen) atoms. The van der Waals surface area contributed by atoms with Gasteiger partial charge in [0, 0.05) is 35.9 Å². The van der Waals surface area contributed by atoms with Gasteiger partial charge in [0.25, 0.3) is 0 Å². The smallest absolute Gasteiger partial charge is 0.230 e. The topological polar surface area (TPSA) is 87.7 Å².